The van der Waals surface area contributed by atoms with E-state index in [2.05, 4.69) is 10.5 Å². The fourth-order valence-electron chi connectivity index (χ4n) is 3.04. The summed E-state index contributed by atoms with van der Waals surface area (Å²) in [5.74, 6) is 0.416. The second-order valence-electron chi connectivity index (χ2n) is 7.55. The molecule has 3 rings (SSSR count). The van der Waals surface area contributed by atoms with Gasteiger partial charge in [-0.2, -0.15) is 5.10 Å². The van der Waals surface area contributed by atoms with Gasteiger partial charge in [0.15, 0.2) is 0 Å². The molecule has 12 heteroatoms. The molecule has 0 saturated heterocycles. The molecule has 3 aromatic carbocycles. The van der Waals surface area contributed by atoms with Crippen molar-refractivity contribution in [2.75, 3.05) is 24.2 Å². The molecule has 3 aromatic rings. The van der Waals surface area contributed by atoms with Gasteiger partial charge in [-0.15, -0.1) is 0 Å². The van der Waals surface area contributed by atoms with Gasteiger partial charge >= 0.3 is 0 Å². The highest BCUT2D eigenvalue weighted by molar-refractivity contribution is 7.92. The van der Waals surface area contributed by atoms with Crippen molar-refractivity contribution in [3.05, 3.63) is 94.0 Å². The Kier molecular flexibility index (Phi) is 8.57. The number of carbonyl (C=O) groups excluding carboxylic acids is 1. The van der Waals surface area contributed by atoms with Crippen LogP contribution in [0.1, 0.15) is 11.1 Å². The van der Waals surface area contributed by atoms with Crippen molar-refractivity contribution in [2.24, 2.45) is 5.10 Å². The van der Waals surface area contributed by atoms with E-state index in [1.807, 2.05) is 0 Å². The summed E-state index contributed by atoms with van der Waals surface area (Å²) in [5, 5.41) is 14.6. The van der Waals surface area contributed by atoms with Crippen LogP contribution in [0.2, 0.25) is 0 Å². The minimum absolute atomic E-state index is 0.0128. The summed E-state index contributed by atoms with van der Waals surface area (Å²) in [6.45, 7) is -0.218. The number of nitro benzene ring substituents is 1. The number of rotatable bonds is 11. The standard InChI is InChI=1S/C24H24N4O7S/c1-34-23-5-3-4-21(14-23)27(36(2,32)33)16-24(29)26-25-15-18-8-12-22(13-9-18)35-17-19-6-10-20(11-7-19)28(30)31/h3-15H,16-17H2,1-2H3,(H,26,29)/b25-15-. The zero-order valence-corrected chi connectivity index (χ0v) is 20.3. The van der Waals surface area contributed by atoms with Crippen LogP contribution in [0.3, 0.4) is 0 Å². The highest BCUT2D eigenvalue weighted by Crippen LogP contribution is 2.23. The molecule has 36 heavy (non-hydrogen) atoms. The lowest BCUT2D eigenvalue weighted by Gasteiger charge is -2.21. The topological polar surface area (TPSA) is 140 Å². The molecule has 0 saturated carbocycles. The van der Waals surface area contributed by atoms with E-state index in [9.17, 15) is 23.3 Å². The van der Waals surface area contributed by atoms with Gasteiger partial charge in [0.2, 0.25) is 10.0 Å². The number of ether oxygens (including phenoxy) is 2. The molecule has 0 spiro atoms. The molecule has 0 atom stereocenters. The molecule has 0 aliphatic heterocycles. The van der Waals surface area contributed by atoms with Crippen LogP contribution in [-0.2, 0) is 21.4 Å². The summed E-state index contributed by atoms with van der Waals surface area (Å²) in [4.78, 5) is 22.6. The molecular weight excluding hydrogens is 488 g/mol. The second kappa shape index (κ2) is 11.8. The number of benzene rings is 3. The van der Waals surface area contributed by atoms with E-state index in [0.29, 0.717) is 22.7 Å². The number of carbonyl (C=O) groups is 1. The zero-order valence-electron chi connectivity index (χ0n) is 19.5. The lowest BCUT2D eigenvalue weighted by molar-refractivity contribution is -0.384. The van der Waals surface area contributed by atoms with Gasteiger partial charge in [-0.25, -0.2) is 13.8 Å². The number of methoxy groups -OCH3 is 1. The predicted octanol–water partition coefficient (Wildman–Crippen LogP) is 3.10. The van der Waals surface area contributed by atoms with Crippen LogP contribution in [0.15, 0.2) is 77.9 Å². The van der Waals surface area contributed by atoms with E-state index in [0.717, 1.165) is 16.1 Å². The third kappa shape index (κ3) is 7.53. The van der Waals surface area contributed by atoms with E-state index in [1.165, 1.54) is 31.5 Å². The number of anilines is 1. The smallest absolute Gasteiger partial charge is 0.269 e. The Morgan fingerprint density at radius 3 is 2.39 bits per heavy atom. The number of nitrogens with zero attached hydrogens (tertiary/aromatic N) is 3. The molecule has 0 aliphatic rings. The van der Waals surface area contributed by atoms with E-state index < -0.39 is 27.4 Å². The third-order valence-corrected chi connectivity index (χ3v) is 6.01. The minimum Gasteiger partial charge on any atom is -0.497 e. The predicted molar refractivity (Wildman–Crippen MR) is 135 cm³/mol. The van der Waals surface area contributed by atoms with Crippen molar-refractivity contribution in [3.63, 3.8) is 0 Å². The van der Waals surface area contributed by atoms with Gasteiger partial charge in [0, 0.05) is 18.2 Å². The monoisotopic (exact) mass is 512 g/mol. The van der Waals surface area contributed by atoms with Crippen molar-refractivity contribution in [2.45, 2.75) is 6.61 Å². The number of amides is 1. The van der Waals surface area contributed by atoms with Crippen molar-refractivity contribution in [1.29, 1.82) is 0 Å². The lowest BCUT2D eigenvalue weighted by atomic mass is 10.2. The maximum atomic E-state index is 12.3. The maximum absolute atomic E-state index is 12.3. The molecule has 188 valence electrons. The molecule has 1 amide bonds. The average molecular weight is 513 g/mol. The quantitative estimate of drug-likeness (QED) is 0.236. The van der Waals surface area contributed by atoms with Crippen LogP contribution in [0.25, 0.3) is 0 Å². The van der Waals surface area contributed by atoms with Crippen LogP contribution in [0.5, 0.6) is 11.5 Å². The van der Waals surface area contributed by atoms with E-state index >= 15 is 0 Å². The molecule has 0 aliphatic carbocycles. The fourth-order valence-corrected chi connectivity index (χ4v) is 3.89. The van der Waals surface area contributed by atoms with E-state index in [4.69, 9.17) is 9.47 Å². The fraction of sp³-hybridized carbons (Fsp3) is 0.167. The van der Waals surface area contributed by atoms with Crippen LogP contribution < -0.4 is 19.2 Å². The number of nitro groups is 1. The second-order valence-corrected chi connectivity index (χ2v) is 9.45. The molecule has 11 nitrogen and oxygen atoms in total. The molecule has 0 radical (unpaired) electrons. The maximum Gasteiger partial charge on any atom is 0.269 e. The summed E-state index contributed by atoms with van der Waals surface area (Å²) in [6.07, 6.45) is 2.42. The van der Waals surface area contributed by atoms with Gasteiger partial charge < -0.3 is 9.47 Å². The molecule has 0 fully saturated rings. The number of sulfonamides is 1. The van der Waals surface area contributed by atoms with Gasteiger partial charge in [-0.3, -0.25) is 19.2 Å². The Morgan fingerprint density at radius 2 is 1.78 bits per heavy atom. The number of non-ortho nitro benzene ring substituents is 1. The van der Waals surface area contributed by atoms with Crippen molar-refractivity contribution in [3.8, 4) is 11.5 Å². The Hall–Kier alpha value is -4.45. The van der Waals surface area contributed by atoms with Gasteiger partial charge in [-0.05, 0) is 59.7 Å². The van der Waals surface area contributed by atoms with Crippen LogP contribution in [-0.4, -0.2) is 45.4 Å². The number of nitrogens with one attached hydrogen (secondary N) is 1. The SMILES string of the molecule is COc1cccc(N(CC(=O)N/N=C\c2ccc(OCc3ccc([N+](=O)[O-])cc3)cc2)S(C)(=O)=O)c1. The summed E-state index contributed by atoms with van der Waals surface area (Å²) < 4.78 is 36.2. The molecule has 0 heterocycles. The molecule has 0 aromatic heterocycles. The molecular formula is C24H24N4O7S. The van der Waals surface area contributed by atoms with Crippen molar-refractivity contribution >= 4 is 33.5 Å². The highest BCUT2D eigenvalue weighted by Gasteiger charge is 2.21. The average Bonchev–Trinajstić information content (AvgIpc) is 2.86. The Bertz CT molecular complexity index is 1340. The van der Waals surface area contributed by atoms with Gasteiger partial charge in [0.25, 0.3) is 11.6 Å². The largest absolute Gasteiger partial charge is 0.497 e. The van der Waals surface area contributed by atoms with Crippen LogP contribution in [0, 0.1) is 10.1 Å². The van der Waals surface area contributed by atoms with Crippen molar-refractivity contribution in [1.82, 2.24) is 5.43 Å². The lowest BCUT2D eigenvalue weighted by Crippen LogP contribution is -2.39. The summed E-state index contributed by atoms with van der Waals surface area (Å²) in [7, 11) is -2.27. The molecule has 0 bridgehead atoms. The summed E-state index contributed by atoms with van der Waals surface area (Å²) >= 11 is 0. The van der Waals surface area contributed by atoms with Crippen LogP contribution >= 0.6 is 0 Å². The van der Waals surface area contributed by atoms with Crippen LogP contribution in [0.4, 0.5) is 11.4 Å². The van der Waals surface area contributed by atoms with E-state index in [1.54, 1.807) is 54.6 Å². The molecule has 1 N–H and O–H groups in total. The van der Waals surface area contributed by atoms with Crippen molar-refractivity contribution < 1.29 is 27.6 Å². The Morgan fingerprint density at radius 1 is 1.08 bits per heavy atom. The van der Waals surface area contributed by atoms with Gasteiger partial charge in [-0.1, -0.05) is 6.07 Å². The first-order valence-corrected chi connectivity index (χ1v) is 12.4. The normalized spacial score (nSPS) is 11.2. The first-order valence-electron chi connectivity index (χ1n) is 10.6. The number of hydrazone groups is 1. The third-order valence-electron chi connectivity index (χ3n) is 4.86. The molecule has 0 unspecified atom stereocenters. The first kappa shape index (κ1) is 26.2. The first-order chi connectivity index (χ1) is 17.2. The van der Waals surface area contributed by atoms with Gasteiger partial charge in [0.1, 0.15) is 24.7 Å². The highest BCUT2D eigenvalue weighted by atomic mass is 32.2. The number of hydrogen-bond donors (Lipinski definition) is 1. The minimum atomic E-state index is -3.73. The summed E-state index contributed by atoms with van der Waals surface area (Å²) in [6, 6.07) is 19.3. The van der Waals surface area contributed by atoms with E-state index in [-0.39, 0.29) is 12.3 Å². The van der Waals surface area contributed by atoms with Gasteiger partial charge in [0.05, 0.1) is 30.2 Å². The Labute approximate surface area is 208 Å². The summed E-state index contributed by atoms with van der Waals surface area (Å²) in [5.41, 5.74) is 4.08. The zero-order chi connectivity index (χ0) is 26.1. The Balaban J connectivity index is 1.54. The number of hydrogen-bond acceptors (Lipinski definition) is 8.